The Balaban J connectivity index is 0.00000370. The largest absolute Gasteiger partial charge is 0.493 e. The highest BCUT2D eigenvalue weighted by Gasteiger charge is 2.19. The van der Waals surface area contributed by atoms with Crippen molar-refractivity contribution in [3.05, 3.63) is 94.4 Å². The number of aromatic nitrogens is 2. The van der Waals surface area contributed by atoms with Gasteiger partial charge in [0.1, 0.15) is 12.4 Å². The molecule has 40 heavy (non-hydrogen) atoms. The number of para-hydroxylation sites is 1. The van der Waals surface area contributed by atoms with Crippen molar-refractivity contribution in [1.29, 1.82) is 0 Å². The van der Waals surface area contributed by atoms with Crippen LogP contribution in [-0.4, -0.2) is 41.4 Å². The van der Waals surface area contributed by atoms with Crippen LogP contribution in [0.5, 0.6) is 11.5 Å². The van der Waals surface area contributed by atoms with Crippen LogP contribution >= 0.6 is 12.4 Å². The Labute approximate surface area is 236 Å². The Hall–Kier alpha value is -4.44. The zero-order valence-corrected chi connectivity index (χ0v) is 22.7. The van der Waals surface area contributed by atoms with Crippen molar-refractivity contribution < 1.29 is 24.1 Å². The summed E-state index contributed by atoms with van der Waals surface area (Å²) in [5, 5.41) is 13.0. The first-order chi connectivity index (χ1) is 19.0. The second-order valence-corrected chi connectivity index (χ2v) is 8.81. The number of aliphatic hydroxyl groups is 1. The third kappa shape index (κ3) is 5.22. The maximum Gasteiger partial charge on any atom is 0.320 e. The predicted octanol–water partition coefficient (Wildman–Crippen LogP) is 4.14. The number of carbonyl (C=O) groups is 1. The molecule has 0 atom stereocenters. The minimum Gasteiger partial charge on any atom is -0.493 e. The Morgan fingerprint density at radius 3 is 2.45 bits per heavy atom. The number of hydrogen-bond acceptors (Lipinski definition) is 8. The Kier molecular flexibility index (Phi) is 8.69. The van der Waals surface area contributed by atoms with E-state index in [0.29, 0.717) is 39.6 Å². The lowest BCUT2D eigenvalue weighted by atomic mass is 9.90. The van der Waals surface area contributed by atoms with E-state index in [1.807, 2.05) is 42.5 Å². The molecule has 0 aliphatic carbocycles. The zero-order valence-electron chi connectivity index (χ0n) is 21.9. The van der Waals surface area contributed by atoms with Crippen LogP contribution in [0, 0.1) is 0 Å². The Bertz CT molecular complexity index is 1770. The third-order valence-corrected chi connectivity index (χ3v) is 6.62. The molecule has 0 fully saturated rings. The van der Waals surface area contributed by atoms with Gasteiger partial charge in [-0.25, -0.2) is 4.98 Å². The van der Waals surface area contributed by atoms with Crippen LogP contribution in [0.4, 0.5) is 0 Å². The van der Waals surface area contributed by atoms with E-state index in [9.17, 15) is 14.7 Å². The van der Waals surface area contributed by atoms with Crippen molar-refractivity contribution in [3.8, 4) is 28.4 Å². The normalized spacial score (nSPS) is 10.8. The summed E-state index contributed by atoms with van der Waals surface area (Å²) in [7, 11) is 3.10. The number of halogens is 1. The molecule has 0 amide bonds. The topological polar surface area (TPSA) is 126 Å². The molecule has 0 bridgehead atoms. The van der Waals surface area contributed by atoms with Gasteiger partial charge < -0.3 is 25.1 Å². The molecule has 5 rings (SSSR count). The molecule has 206 valence electrons. The van der Waals surface area contributed by atoms with Crippen molar-refractivity contribution in [1.82, 2.24) is 9.55 Å². The van der Waals surface area contributed by atoms with Crippen molar-refractivity contribution in [2.24, 2.45) is 5.73 Å². The number of fused-ring (bicyclic) bond motifs is 2. The number of hydrogen-bond donors (Lipinski definition) is 2. The second kappa shape index (κ2) is 12.2. The zero-order chi connectivity index (χ0) is 27.5. The summed E-state index contributed by atoms with van der Waals surface area (Å²) in [6.45, 7) is -0.668. The van der Waals surface area contributed by atoms with E-state index in [1.165, 1.54) is 6.07 Å². The molecule has 0 aliphatic heterocycles. The van der Waals surface area contributed by atoms with Crippen LogP contribution in [0.1, 0.15) is 11.1 Å². The SMILES string of the molecule is COc1cc2cc(COC(=O)CN)c(CO)c(-c3ccnc(-n4c(=O)ccc5ccccc54)c3)c2cc1OC.Cl. The van der Waals surface area contributed by atoms with Crippen LogP contribution in [0.3, 0.4) is 0 Å². The monoisotopic (exact) mass is 561 g/mol. The van der Waals surface area contributed by atoms with E-state index in [0.717, 1.165) is 21.7 Å². The van der Waals surface area contributed by atoms with Crippen molar-refractivity contribution in [2.45, 2.75) is 13.2 Å². The molecule has 0 saturated carbocycles. The number of esters is 1. The van der Waals surface area contributed by atoms with E-state index in [4.69, 9.17) is 19.9 Å². The first-order valence-corrected chi connectivity index (χ1v) is 12.2. The number of nitrogens with zero attached hydrogens (tertiary/aromatic N) is 2. The molecule has 2 aromatic heterocycles. The molecule has 0 saturated heterocycles. The van der Waals surface area contributed by atoms with Crippen LogP contribution < -0.4 is 20.8 Å². The molecule has 2 heterocycles. The van der Waals surface area contributed by atoms with Crippen LogP contribution in [0.25, 0.3) is 38.6 Å². The summed E-state index contributed by atoms with van der Waals surface area (Å²) in [5.74, 6) is 0.897. The van der Waals surface area contributed by atoms with E-state index >= 15 is 0 Å². The molecule has 0 radical (unpaired) electrons. The van der Waals surface area contributed by atoms with Crippen LogP contribution in [-0.2, 0) is 22.7 Å². The molecular formula is C30H28ClN3O6. The van der Waals surface area contributed by atoms with Gasteiger partial charge >= 0.3 is 5.97 Å². The fraction of sp³-hybridized carbons (Fsp3) is 0.167. The lowest BCUT2D eigenvalue weighted by molar-refractivity contribution is -0.143. The fourth-order valence-corrected chi connectivity index (χ4v) is 4.80. The molecule has 3 N–H and O–H groups in total. The van der Waals surface area contributed by atoms with E-state index < -0.39 is 5.97 Å². The average Bonchev–Trinajstić information content (AvgIpc) is 2.98. The number of benzene rings is 3. The van der Waals surface area contributed by atoms with Crippen LogP contribution in [0.2, 0.25) is 0 Å². The van der Waals surface area contributed by atoms with E-state index in [1.54, 1.807) is 43.2 Å². The molecule has 5 aromatic rings. The van der Waals surface area contributed by atoms with Gasteiger partial charge in [0.15, 0.2) is 11.5 Å². The van der Waals surface area contributed by atoms with Gasteiger partial charge in [-0.05, 0) is 80.9 Å². The lowest BCUT2D eigenvalue weighted by Crippen LogP contribution is -2.18. The Morgan fingerprint density at radius 1 is 0.975 bits per heavy atom. The number of nitrogens with two attached hydrogens (primary N) is 1. The summed E-state index contributed by atoms with van der Waals surface area (Å²) in [4.78, 5) is 29.3. The van der Waals surface area contributed by atoms with Gasteiger partial charge in [-0.2, -0.15) is 0 Å². The number of ether oxygens (including phenoxy) is 3. The molecule has 3 aromatic carbocycles. The predicted molar refractivity (Wildman–Crippen MR) is 155 cm³/mol. The highest BCUT2D eigenvalue weighted by molar-refractivity contribution is 6.01. The van der Waals surface area contributed by atoms with Gasteiger partial charge in [0, 0.05) is 12.3 Å². The molecule has 10 heteroatoms. The molecule has 0 spiro atoms. The number of aliphatic hydroxyl groups excluding tert-OH is 1. The maximum absolute atomic E-state index is 13.0. The smallest absolute Gasteiger partial charge is 0.320 e. The minimum atomic E-state index is -0.561. The van der Waals surface area contributed by atoms with Crippen molar-refractivity contribution >= 4 is 40.1 Å². The van der Waals surface area contributed by atoms with Crippen molar-refractivity contribution in [2.75, 3.05) is 20.8 Å². The first kappa shape index (κ1) is 28.6. The number of methoxy groups -OCH3 is 2. The average molecular weight is 562 g/mol. The molecule has 0 unspecified atom stereocenters. The number of pyridine rings is 2. The summed E-state index contributed by atoms with van der Waals surface area (Å²) in [5.41, 5.74) is 8.47. The van der Waals surface area contributed by atoms with E-state index in [-0.39, 0.29) is 37.7 Å². The van der Waals surface area contributed by atoms with Gasteiger partial charge in [0.2, 0.25) is 0 Å². The summed E-state index contributed by atoms with van der Waals surface area (Å²) >= 11 is 0. The highest BCUT2D eigenvalue weighted by Crippen LogP contribution is 2.41. The van der Waals surface area contributed by atoms with Gasteiger partial charge in [0.05, 0.1) is 32.9 Å². The number of rotatable bonds is 8. The summed E-state index contributed by atoms with van der Waals surface area (Å²) in [6.07, 6.45) is 1.62. The fourth-order valence-electron chi connectivity index (χ4n) is 4.80. The van der Waals surface area contributed by atoms with E-state index in [2.05, 4.69) is 4.98 Å². The van der Waals surface area contributed by atoms with Gasteiger partial charge in [-0.3, -0.25) is 14.2 Å². The summed E-state index contributed by atoms with van der Waals surface area (Å²) in [6, 6.07) is 20.0. The standard InChI is InChI=1S/C30H27N3O6.ClH/c1-37-25-12-20-11-21(17-39-29(36)15-31)23(16-34)30(22(20)14-26(25)38-2)19-9-10-32-27(13-19)33-24-6-4-3-5-18(24)7-8-28(33)35;/h3-14,34H,15-17,31H2,1-2H3;1H. The molecule has 9 nitrogen and oxygen atoms in total. The van der Waals surface area contributed by atoms with Gasteiger partial charge in [0.25, 0.3) is 5.56 Å². The number of carbonyl (C=O) groups excluding carboxylic acids is 1. The minimum absolute atomic E-state index is 0. The van der Waals surface area contributed by atoms with Gasteiger partial charge in [-0.1, -0.05) is 18.2 Å². The third-order valence-electron chi connectivity index (χ3n) is 6.62. The lowest BCUT2D eigenvalue weighted by Gasteiger charge is -2.19. The Morgan fingerprint density at radius 2 is 1.73 bits per heavy atom. The molecule has 0 aliphatic rings. The summed E-state index contributed by atoms with van der Waals surface area (Å²) < 4.78 is 18.0. The first-order valence-electron chi connectivity index (χ1n) is 12.2. The highest BCUT2D eigenvalue weighted by atomic mass is 35.5. The quantitative estimate of drug-likeness (QED) is 0.271. The molecular weight excluding hydrogens is 534 g/mol. The van der Waals surface area contributed by atoms with Crippen molar-refractivity contribution in [3.63, 3.8) is 0 Å². The second-order valence-electron chi connectivity index (χ2n) is 8.81. The van der Waals surface area contributed by atoms with Gasteiger partial charge in [-0.15, -0.1) is 12.4 Å². The maximum atomic E-state index is 13.0. The van der Waals surface area contributed by atoms with Crippen LogP contribution in [0.15, 0.2) is 77.7 Å².